The van der Waals surface area contributed by atoms with Crippen LogP contribution in [-0.4, -0.2) is 45.7 Å². The van der Waals surface area contributed by atoms with Crippen molar-refractivity contribution < 1.29 is 9.53 Å². The van der Waals surface area contributed by atoms with Gasteiger partial charge in [-0.25, -0.2) is 0 Å². The lowest BCUT2D eigenvalue weighted by molar-refractivity contribution is 0.0953. The Bertz CT molecular complexity index is 489. The van der Waals surface area contributed by atoms with Gasteiger partial charge in [0.1, 0.15) is 0 Å². The van der Waals surface area contributed by atoms with Gasteiger partial charge in [-0.05, 0) is 24.1 Å². The van der Waals surface area contributed by atoms with Crippen LogP contribution in [0, 0.1) is 0 Å². The summed E-state index contributed by atoms with van der Waals surface area (Å²) in [4.78, 5) is 16.1. The van der Waals surface area contributed by atoms with E-state index < -0.39 is 0 Å². The number of nitrogens with zero attached hydrogens (tertiary/aromatic N) is 1. The monoisotopic (exact) mass is 306 g/mol. The zero-order valence-electron chi connectivity index (χ0n) is 13.6. The van der Waals surface area contributed by atoms with Gasteiger partial charge in [0.2, 0.25) is 0 Å². The molecule has 1 aromatic carbocycles. The largest absolute Gasteiger partial charge is 0.383 e. The molecule has 0 saturated heterocycles. The second kappa shape index (κ2) is 10.6. The Kier molecular flexibility index (Phi) is 8.67. The van der Waals surface area contributed by atoms with Crippen molar-refractivity contribution in [2.45, 2.75) is 19.9 Å². The SMILES string of the molecule is CCCNC(=O)c1cccc(CNC(=NC)NCCOC)c1. The molecule has 3 N–H and O–H groups in total. The summed E-state index contributed by atoms with van der Waals surface area (Å²) in [5, 5.41) is 9.22. The van der Waals surface area contributed by atoms with Gasteiger partial charge in [0.25, 0.3) is 5.91 Å². The van der Waals surface area contributed by atoms with E-state index in [9.17, 15) is 4.79 Å². The fourth-order valence-corrected chi connectivity index (χ4v) is 1.84. The van der Waals surface area contributed by atoms with Crippen LogP contribution in [0.5, 0.6) is 0 Å². The maximum absolute atomic E-state index is 11.9. The summed E-state index contributed by atoms with van der Waals surface area (Å²) >= 11 is 0. The smallest absolute Gasteiger partial charge is 0.251 e. The highest BCUT2D eigenvalue weighted by atomic mass is 16.5. The number of aliphatic imine (C=N–C) groups is 1. The van der Waals surface area contributed by atoms with E-state index in [0.717, 1.165) is 12.0 Å². The van der Waals surface area contributed by atoms with Gasteiger partial charge in [-0.2, -0.15) is 0 Å². The minimum absolute atomic E-state index is 0.0358. The number of hydrogen-bond donors (Lipinski definition) is 3. The Morgan fingerprint density at radius 1 is 1.23 bits per heavy atom. The number of carbonyl (C=O) groups excluding carboxylic acids is 1. The Morgan fingerprint density at radius 2 is 2.05 bits per heavy atom. The number of hydrogen-bond acceptors (Lipinski definition) is 3. The molecule has 1 rings (SSSR count). The number of benzene rings is 1. The first-order valence-corrected chi connectivity index (χ1v) is 7.51. The number of rotatable bonds is 8. The van der Waals surface area contributed by atoms with Crippen LogP contribution in [0.3, 0.4) is 0 Å². The molecule has 0 bridgehead atoms. The fraction of sp³-hybridized carbons (Fsp3) is 0.500. The van der Waals surface area contributed by atoms with Crippen molar-refractivity contribution in [2.24, 2.45) is 4.99 Å². The lowest BCUT2D eigenvalue weighted by Crippen LogP contribution is -2.38. The lowest BCUT2D eigenvalue weighted by atomic mass is 10.1. The molecule has 0 atom stereocenters. The molecule has 0 heterocycles. The highest BCUT2D eigenvalue weighted by Gasteiger charge is 2.05. The zero-order chi connectivity index (χ0) is 16.2. The predicted octanol–water partition coefficient (Wildman–Crippen LogP) is 1.14. The third-order valence-corrected chi connectivity index (χ3v) is 3.01. The summed E-state index contributed by atoms with van der Waals surface area (Å²) < 4.78 is 4.98. The maximum Gasteiger partial charge on any atom is 0.251 e. The van der Waals surface area contributed by atoms with Crippen LogP contribution in [0.25, 0.3) is 0 Å². The molecule has 22 heavy (non-hydrogen) atoms. The van der Waals surface area contributed by atoms with E-state index in [4.69, 9.17) is 4.74 Å². The molecule has 0 aliphatic rings. The molecule has 122 valence electrons. The number of amides is 1. The van der Waals surface area contributed by atoms with Crippen LogP contribution in [0.4, 0.5) is 0 Å². The highest BCUT2D eigenvalue weighted by Crippen LogP contribution is 2.05. The average Bonchev–Trinajstić information content (AvgIpc) is 2.56. The topological polar surface area (TPSA) is 74.8 Å². The van der Waals surface area contributed by atoms with E-state index in [0.29, 0.717) is 37.8 Å². The van der Waals surface area contributed by atoms with Gasteiger partial charge in [-0.1, -0.05) is 19.1 Å². The van der Waals surface area contributed by atoms with Gasteiger partial charge in [-0.15, -0.1) is 0 Å². The van der Waals surface area contributed by atoms with Gasteiger partial charge >= 0.3 is 0 Å². The van der Waals surface area contributed by atoms with E-state index in [-0.39, 0.29) is 5.91 Å². The highest BCUT2D eigenvalue weighted by molar-refractivity contribution is 5.94. The number of nitrogens with one attached hydrogen (secondary N) is 3. The van der Waals surface area contributed by atoms with E-state index in [1.54, 1.807) is 14.2 Å². The number of guanidine groups is 1. The summed E-state index contributed by atoms with van der Waals surface area (Å²) in [7, 11) is 3.38. The summed E-state index contributed by atoms with van der Waals surface area (Å²) in [5.74, 6) is 0.671. The molecule has 0 spiro atoms. The molecule has 0 aliphatic carbocycles. The maximum atomic E-state index is 11.9. The Labute approximate surface area is 132 Å². The van der Waals surface area contributed by atoms with Crippen LogP contribution in [0.2, 0.25) is 0 Å². The fourth-order valence-electron chi connectivity index (χ4n) is 1.84. The van der Waals surface area contributed by atoms with Crippen molar-refractivity contribution in [3.05, 3.63) is 35.4 Å². The Morgan fingerprint density at radius 3 is 2.73 bits per heavy atom. The van der Waals surface area contributed by atoms with Crippen LogP contribution in [0.1, 0.15) is 29.3 Å². The molecule has 0 aliphatic heterocycles. The molecule has 0 saturated carbocycles. The molecule has 0 unspecified atom stereocenters. The van der Waals surface area contributed by atoms with Crippen LogP contribution in [0.15, 0.2) is 29.3 Å². The molecular formula is C16H26N4O2. The Balaban J connectivity index is 2.53. The van der Waals surface area contributed by atoms with Crippen molar-refractivity contribution in [3.8, 4) is 0 Å². The van der Waals surface area contributed by atoms with Crippen molar-refractivity contribution in [1.82, 2.24) is 16.0 Å². The third-order valence-electron chi connectivity index (χ3n) is 3.01. The van der Waals surface area contributed by atoms with Gasteiger partial charge in [0.15, 0.2) is 5.96 Å². The van der Waals surface area contributed by atoms with Gasteiger partial charge in [0, 0.05) is 39.4 Å². The van der Waals surface area contributed by atoms with E-state index in [2.05, 4.69) is 20.9 Å². The molecule has 6 nitrogen and oxygen atoms in total. The van der Waals surface area contributed by atoms with Crippen LogP contribution < -0.4 is 16.0 Å². The van der Waals surface area contributed by atoms with Crippen LogP contribution >= 0.6 is 0 Å². The molecule has 0 aromatic heterocycles. The van der Waals surface area contributed by atoms with E-state index in [1.165, 1.54) is 0 Å². The quantitative estimate of drug-likeness (QED) is 0.382. The lowest BCUT2D eigenvalue weighted by Gasteiger charge is -2.12. The molecular weight excluding hydrogens is 280 g/mol. The number of carbonyl (C=O) groups is 1. The van der Waals surface area contributed by atoms with Gasteiger partial charge < -0.3 is 20.7 Å². The first-order valence-electron chi connectivity index (χ1n) is 7.51. The molecule has 6 heteroatoms. The van der Waals surface area contributed by atoms with Gasteiger partial charge in [0.05, 0.1) is 6.61 Å². The van der Waals surface area contributed by atoms with Crippen molar-refractivity contribution in [2.75, 3.05) is 33.9 Å². The summed E-state index contributed by atoms with van der Waals surface area (Å²) in [5.41, 5.74) is 1.70. The Hall–Kier alpha value is -2.08. The molecule has 0 fully saturated rings. The first-order chi connectivity index (χ1) is 10.7. The summed E-state index contributed by atoms with van der Waals surface area (Å²) in [6.45, 7) is 4.63. The summed E-state index contributed by atoms with van der Waals surface area (Å²) in [6, 6.07) is 7.57. The van der Waals surface area contributed by atoms with E-state index >= 15 is 0 Å². The molecule has 1 amide bonds. The normalized spacial score (nSPS) is 11.1. The standard InChI is InChI=1S/C16H26N4O2/c1-4-8-18-15(21)14-7-5-6-13(11-14)12-20-16(17-2)19-9-10-22-3/h5-7,11H,4,8-10,12H2,1-3H3,(H,18,21)(H2,17,19,20). The van der Waals surface area contributed by atoms with Crippen molar-refractivity contribution in [1.29, 1.82) is 0 Å². The second-order valence-electron chi connectivity index (χ2n) is 4.80. The predicted molar refractivity (Wildman–Crippen MR) is 89.1 cm³/mol. The minimum atomic E-state index is -0.0358. The first kappa shape index (κ1) is 18.0. The number of ether oxygens (including phenoxy) is 1. The van der Waals surface area contributed by atoms with E-state index in [1.807, 2.05) is 31.2 Å². The van der Waals surface area contributed by atoms with Gasteiger partial charge in [-0.3, -0.25) is 9.79 Å². The minimum Gasteiger partial charge on any atom is -0.383 e. The second-order valence-corrected chi connectivity index (χ2v) is 4.80. The van der Waals surface area contributed by atoms with Crippen molar-refractivity contribution in [3.63, 3.8) is 0 Å². The molecule has 0 radical (unpaired) electrons. The molecule has 1 aromatic rings. The van der Waals surface area contributed by atoms with Crippen LogP contribution in [-0.2, 0) is 11.3 Å². The van der Waals surface area contributed by atoms with Crippen molar-refractivity contribution >= 4 is 11.9 Å². The summed E-state index contributed by atoms with van der Waals surface area (Å²) in [6.07, 6.45) is 0.927. The average molecular weight is 306 g/mol. The third kappa shape index (κ3) is 6.58. The number of methoxy groups -OCH3 is 1. The zero-order valence-corrected chi connectivity index (χ0v) is 13.6.